The number of carbonyl (C=O) groups excluding carboxylic acids is 2. The van der Waals surface area contributed by atoms with Gasteiger partial charge in [-0.05, 0) is 24.6 Å². The fourth-order valence-corrected chi connectivity index (χ4v) is 3.34. The molecule has 2 aromatic rings. The lowest BCUT2D eigenvalue weighted by atomic mass is 9.98. The van der Waals surface area contributed by atoms with Gasteiger partial charge in [-0.3, -0.25) is 9.59 Å². The van der Waals surface area contributed by atoms with Gasteiger partial charge in [-0.25, -0.2) is 13.8 Å². The largest absolute Gasteiger partial charge is 0.424 e. The average molecular weight is 437 g/mol. The first kappa shape index (κ1) is 22.7. The Morgan fingerprint density at radius 2 is 1.90 bits per heavy atom. The van der Waals surface area contributed by atoms with Crippen LogP contribution in [-0.2, 0) is 15.2 Å². The molecule has 0 saturated carbocycles. The summed E-state index contributed by atoms with van der Waals surface area (Å²) in [6.07, 6.45) is -6.72. The van der Waals surface area contributed by atoms with Crippen molar-refractivity contribution < 1.29 is 36.6 Å². The number of thiazole rings is 1. The second kappa shape index (κ2) is 8.41. The van der Waals surface area contributed by atoms with E-state index in [9.17, 15) is 36.6 Å². The van der Waals surface area contributed by atoms with E-state index in [1.165, 1.54) is 19.4 Å². The first-order valence-corrected chi connectivity index (χ1v) is 8.94. The molecular formula is C17H16F5N3O3S. The normalized spacial score (nSPS) is 14.8. The lowest BCUT2D eigenvalue weighted by molar-refractivity contribution is -0.267. The van der Waals surface area contributed by atoms with Crippen LogP contribution in [-0.4, -0.2) is 35.1 Å². The molecule has 6 nitrogen and oxygen atoms in total. The van der Waals surface area contributed by atoms with Crippen molar-refractivity contribution in [2.75, 3.05) is 7.05 Å². The SMILES string of the molecule is CNC(=O)C(NC(=O)CC(O)(c1nc(C)cs1)C(F)(F)F)c1ccc(F)c(F)c1. The highest BCUT2D eigenvalue weighted by molar-refractivity contribution is 7.09. The van der Waals surface area contributed by atoms with Gasteiger partial charge in [0.1, 0.15) is 11.0 Å². The minimum atomic E-state index is -5.24. The molecule has 0 saturated heterocycles. The fourth-order valence-electron chi connectivity index (χ4n) is 2.42. The van der Waals surface area contributed by atoms with E-state index < -0.39 is 52.7 Å². The zero-order valence-corrected chi connectivity index (χ0v) is 15.9. The van der Waals surface area contributed by atoms with E-state index in [2.05, 4.69) is 10.3 Å². The highest BCUT2D eigenvalue weighted by Crippen LogP contribution is 2.42. The van der Waals surface area contributed by atoms with Gasteiger partial charge in [-0.2, -0.15) is 13.2 Å². The van der Waals surface area contributed by atoms with Gasteiger partial charge < -0.3 is 15.7 Å². The maximum absolute atomic E-state index is 13.5. The molecule has 1 aromatic carbocycles. The third kappa shape index (κ3) is 4.88. The van der Waals surface area contributed by atoms with E-state index in [0.29, 0.717) is 23.5 Å². The Labute approximate surface area is 165 Å². The maximum atomic E-state index is 13.5. The van der Waals surface area contributed by atoms with E-state index in [1.54, 1.807) is 0 Å². The zero-order valence-electron chi connectivity index (χ0n) is 15.1. The van der Waals surface area contributed by atoms with Crippen molar-refractivity contribution in [2.45, 2.75) is 31.2 Å². The van der Waals surface area contributed by atoms with Crippen LogP contribution in [0.1, 0.15) is 28.7 Å². The van der Waals surface area contributed by atoms with Crippen LogP contribution in [0, 0.1) is 18.6 Å². The number of amides is 2. The van der Waals surface area contributed by atoms with Gasteiger partial charge >= 0.3 is 6.18 Å². The number of aryl methyl sites for hydroxylation is 1. The summed E-state index contributed by atoms with van der Waals surface area (Å²) in [6, 6.07) is 0.726. The summed E-state index contributed by atoms with van der Waals surface area (Å²) in [5.41, 5.74) is -3.56. The number of aromatic nitrogens is 1. The van der Waals surface area contributed by atoms with Gasteiger partial charge in [0.05, 0.1) is 6.42 Å². The summed E-state index contributed by atoms with van der Waals surface area (Å²) < 4.78 is 67.1. The molecule has 1 heterocycles. The predicted molar refractivity (Wildman–Crippen MR) is 92.7 cm³/mol. The van der Waals surface area contributed by atoms with Crippen LogP contribution in [0.15, 0.2) is 23.6 Å². The van der Waals surface area contributed by atoms with E-state index in [1.807, 2.05) is 5.32 Å². The lowest BCUT2D eigenvalue weighted by Crippen LogP contribution is -2.48. The van der Waals surface area contributed by atoms with Crippen molar-refractivity contribution in [1.29, 1.82) is 0 Å². The van der Waals surface area contributed by atoms with Crippen molar-refractivity contribution in [2.24, 2.45) is 0 Å². The molecular weight excluding hydrogens is 421 g/mol. The second-order valence-corrected chi connectivity index (χ2v) is 6.98. The van der Waals surface area contributed by atoms with E-state index >= 15 is 0 Å². The third-order valence-corrected chi connectivity index (χ3v) is 5.06. The molecule has 0 aliphatic heterocycles. The van der Waals surface area contributed by atoms with E-state index in [-0.39, 0.29) is 11.3 Å². The van der Waals surface area contributed by atoms with Gasteiger partial charge in [0.2, 0.25) is 17.4 Å². The van der Waals surface area contributed by atoms with Crippen molar-refractivity contribution >= 4 is 23.2 Å². The minimum absolute atomic E-state index is 0.197. The summed E-state index contributed by atoms with van der Waals surface area (Å²) in [5.74, 6) is -4.75. The Hall–Kier alpha value is -2.60. The molecule has 0 aliphatic rings. The Bertz CT molecular complexity index is 918. The molecule has 2 atom stereocenters. The van der Waals surface area contributed by atoms with Crippen LogP contribution in [0.25, 0.3) is 0 Å². The van der Waals surface area contributed by atoms with Gasteiger partial charge in [-0.1, -0.05) is 6.07 Å². The maximum Gasteiger partial charge on any atom is 0.424 e. The van der Waals surface area contributed by atoms with Crippen LogP contribution in [0.5, 0.6) is 0 Å². The van der Waals surface area contributed by atoms with Gasteiger partial charge in [0.25, 0.3) is 0 Å². The molecule has 0 bridgehead atoms. The number of likely N-dealkylation sites (N-methyl/N-ethyl adjacent to an activating group) is 1. The highest BCUT2D eigenvalue weighted by atomic mass is 32.1. The summed E-state index contributed by atoms with van der Waals surface area (Å²) in [7, 11) is 1.19. The quantitative estimate of drug-likeness (QED) is 0.606. The highest BCUT2D eigenvalue weighted by Gasteiger charge is 2.58. The topological polar surface area (TPSA) is 91.3 Å². The number of halogens is 5. The molecule has 0 spiro atoms. The molecule has 3 N–H and O–H groups in total. The van der Waals surface area contributed by atoms with Gasteiger partial charge in [-0.15, -0.1) is 11.3 Å². The third-order valence-electron chi connectivity index (χ3n) is 3.95. The predicted octanol–water partition coefficient (Wildman–Crippen LogP) is 2.47. The Morgan fingerprint density at radius 1 is 1.24 bits per heavy atom. The van der Waals surface area contributed by atoms with Crippen molar-refractivity contribution in [1.82, 2.24) is 15.6 Å². The molecule has 0 aliphatic carbocycles. The zero-order chi connectivity index (χ0) is 22.0. The first-order chi connectivity index (χ1) is 13.4. The smallest absolute Gasteiger partial charge is 0.374 e. The summed E-state index contributed by atoms with van der Waals surface area (Å²) in [5, 5.41) is 14.9. The number of hydrogen-bond donors (Lipinski definition) is 3. The van der Waals surface area contributed by atoms with Crippen LogP contribution in [0.2, 0.25) is 0 Å². The number of nitrogens with zero attached hydrogens (tertiary/aromatic N) is 1. The second-order valence-electron chi connectivity index (χ2n) is 6.12. The Kier molecular flexibility index (Phi) is 6.58. The molecule has 2 unspecified atom stereocenters. The number of aliphatic hydroxyl groups is 1. The number of rotatable bonds is 6. The average Bonchev–Trinajstić information content (AvgIpc) is 3.07. The minimum Gasteiger partial charge on any atom is -0.374 e. The van der Waals surface area contributed by atoms with Crippen LogP contribution in [0.4, 0.5) is 22.0 Å². The summed E-state index contributed by atoms with van der Waals surface area (Å²) >= 11 is 0.523. The molecule has 1 aromatic heterocycles. The van der Waals surface area contributed by atoms with Crippen molar-refractivity contribution in [3.8, 4) is 0 Å². The Balaban J connectivity index is 2.32. The number of nitrogens with one attached hydrogen (secondary N) is 2. The van der Waals surface area contributed by atoms with Gasteiger partial charge in [0.15, 0.2) is 11.6 Å². The molecule has 0 fully saturated rings. The molecule has 12 heteroatoms. The number of alkyl halides is 3. The molecule has 0 radical (unpaired) electrons. The number of hydrogen-bond acceptors (Lipinski definition) is 5. The van der Waals surface area contributed by atoms with E-state index in [0.717, 1.165) is 6.07 Å². The fraction of sp³-hybridized carbons (Fsp3) is 0.353. The van der Waals surface area contributed by atoms with Crippen LogP contribution >= 0.6 is 11.3 Å². The van der Waals surface area contributed by atoms with E-state index in [4.69, 9.17) is 0 Å². The lowest BCUT2D eigenvalue weighted by Gasteiger charge is -2.28. The van der Waals surface area contributed by atoms with Crippen molar-refractivity contribution in [3.63, 3.8) is 0 Å². The summed E-state index contributed by atoms with van der Waals surface area (Å²) in [6.45, 7) is 1.42. The molecule has 29 heavy (non-hydrogen) atoms. The number of benzene rings is 1. The first-order valence-electron chi connectivity index (χ1n) is 8.06. The monoisotopic (exact) mass is 437 g/mol. The van der Waals surface area contributed by atoms with Crippen LogP contribution in [0.3, 0.4) is 0 Å². The van der Waals surface area contributed by atoms with Crippen LogP contribution < -0.4 is 10.6 Å². The van der Waals surface area contributed by atoms with Crippen molar-refractivity contribution in [3.05, 3.63) is 51.5 Å². The Morgan fingerprint density at radius 3 is 2.38 bits per heavy atom. The standard InChI is InChI=1S/C17H16F5N3O3S/c1-8-7-29-15(24-8)16(28,17(20,21)22)6-12(26)25-13(14(27)23-2)9-3-4-10(18)11(19)5-9/h3-5,7,13,28H,6H2,1-2H3,(H,23,27)(H,25,26). The van der Waals surface area contributed by atoms with Gasteiger partial charge in [0, 0.05) is 18.1 Å². The number of carbonyl (C=O) groups is 2. The molecule has 158 valence electrons. The molecule has 2 rings (SSSR count). The molecule has 2 amide bonds. The summed E-state index contributed by atoms with van der Waals surface area (Å²) in [4.78, 5) is 28.0.